The van der Waals surface area contributed by atoms with Gasteiger partial charge in [-0.05, 0) is 51.4 Å². The van der Waals surface area contributed by atoms with Crippen molar-refractivity contribution in [2.75, 3.05) is 19.8 Å². The smallest absolute Gasteiger partial charge is 0.306 e. The third kappa shape index (κ3) is 31.5. The summed E-state index contributed by atoms with van der Waals surface area (Å²) < 4.78 is 22.1. The van der Waals surface area contributed by atoms with E-state index in [4.69, 9.17) is 18.9 Å². The van der Waals surface area contributed by atoms with Crippen LogP contribution in [0.25, 0.3) is 0 Å². The zero-order chi connectivity index (χ0) is 43.7. The van der Waals surface area contributed by atoms with Gasteiger partial charge in [-0.15, -0.1) is 0 Å². The molecule has 0 bridgehead atoms. The highest BCUT2D eigenvalue weighted by molar-refractivity contribution is 5.70. The molecule has 10 nitrogen and oxygen atoms in total. The second-order valence-electron chi connectivity index (χ2n) is 16.6. The normalized spacial score (nSPS) is 20.3. The number of aliphatic hydroxyl groups excluding tert-OH is 4. The van der Waals surface area contributed by atoms with Crippen LogP contribution in [0.3, 0.4) is 0 Å². The van der Waals surface area contributed by atoms with Gasteiger partial charge in [0.25, 0.3) is 0 Å². The molecule has 0 radical (unpaired) electrons. The SMILES string of the molecule is CCCCCCCCC/C=C/C/C=C/C/C=C/C/C=C/CCCC(=O)O[C@H](COC(=O)CCCCCCCCCCCCCCCC)CO[C@@H]1O[C@H](CO)[C@H](O)C(O)C1O. The van der Waals surface area contributed by atoms with E-state index in [-0.39, 0.29) is 32.0 Å². The maximum Gasteiger partial charge on any atom is 0.306 e. The van der Waals surface area contributed by atoms with Crippen molar-refractivity contribution in [2.24, 2.45) is 0 Å². The molecular formula is C50H88O10. The molecule has 1 aliphatic rings. The van der Waals surface area contributed by atoms with Gasteiger partial charge in [-0.1, -0.05) is 184 Å². The number of hydrogen-bond acceptors (Lipinski definition) is 10. The van der Waals surface area contributed by atoms with E-state index in [0.717, 1.165) is 38.5 Å². The summed E-state index contributed by atoms with van der Waals surface area (Å²) in [5.74, 6) is -0.868. The average Bonchev–Trinajstić information content (AvgIpc) is 3.25. The van der Waals surface area contributed by atoms with Gasteiger partial charge in [0.15, 0.2) is 12.4 Å². The summed E-state index contributed by atoms with van der Waals surface area (Å²) in [6.07, 6.45) is 41.2. The molecule has 10 heteroatoms. The fourth-order valence-electron chi connectivity index (χ4n) is 7.12. The number of carbonyl (C=O) groups excluding carboxylic acids is 2. The Balaban J connectivity index is 2.34. The number of rotatable bonds is 40. The van der Waals surface area contributed by atoms with E-state index in [1.54, 1.807) is 0 Å². The minimum Gasteiger partial charge on any atom is -0.462 e. The average molecular weight is 849 g/mol. The van der Waals surface area contributed by atoms with E-state index < -0.39 is 49.4 Å². The highest BCUT2D eigenvalue weighted by atomic mass is 16.7. The van der Waals surface area contributed by atoms with Gasteiger partial charge in [0, 0.05) is 12.8 Å². The molecule has 0 spiro atoms. The lowest BCUT2D eigenvalue weighted by molar-refractivity contribution is -0.305. The fraction of sp³-hybridized carbons (Fsp3) is 0.800. The van der Waals surface area contributed by atoms with Crippen LogP contribution in [0, 0.1) is 0 Å². The van der Waals surface area contributed by atoms with E-state index in [1.807, 2.05) is 6.08 Å². The van der Waals surface area contributed by atoms with Gasteiger partial charge in [-0.25, -0.2) is 0 Å². The van der Waals surface area contributed by atoms with Crippen LogP contribution in [0.4, 0.5) is 0 Å². The van der Waals surface area contributed by atoms with E-state index in [9.17, 15) is 30.0 Å². The molecule has 1 aliphatic heterocycles. The summed E-state index contributed by atoms with van der Waals surface area (Å²) in [5, 5.41) is 40.1. The Morgan fingerprint density at radius 2 is 0.950 bits per heavy atom. The molecule has 1 heterocycles. The largest absolute Gasteiger partial charge is 0.462 e. The highest BCUT2D eigenvalue weighted by Gasteiger charge is 2.44. The summed E-state index contributed by atoms with van der Waals surface area (Å²) in [7, 11) is 0. The molecule has 0 saturated carbocycles. The number of esters is 2. The third-order valence-electron chi connectivity index (χ3n) is 11.0. The van der Waals surface area contributed by atoms with Crippen LogP contribution in [0.5, 0.6) is 0 Å². The molecule has 0 aromatic heterocycles. The Labute approximate surface area is 365 Å². The van der Waals surface area contributed by atoms with Crippen LogP contribution in [-0.4, -0.2) is 89.0 Å². The van der Waals surface area contributed by atoms with Crippen molar-refractivity contribution in [3.05, 3.63) is 48.6 Å². The number of aliphatic hydroxyl groups is 4. The van der Waals surface area contributed by atoms with E-state index in [0.29, 0.717) is 12.8 Å². The molecule has 348 valence electrons. The number of allylic oxidation sites excluding steroid dienone is 8. The summed E-state index contributed by atoms with van der Waals surface area (Å²) in [6.45, 7) is 3.38. The summed E-state index contributed by atoms with van der Waals surface area (Å²) >= 11 is 0. The molecular weight excluding hydrogens is 761 g/mol. The molecule has 4 N–H and O–H groups in total. The first-order valence-electron chi connectivity index (χ1n) is 24.2. The quantitative estimate of drug-likeness (QED) is 0.0266. The van der Waals surface area contributed by atoms with E-state index >= 15 is 0 Å². The van der Waals surface area contributed by atoms with Crippen molar-refractivity contribution in [3.8, 4) is 0 Å². The Morgan fingerprint density at radius 1 is 0.517 bits per heavy atom. The first-order chi connectivity index (χ1) is 29.3. The number of carbonyl (C=O) groups is 2. The summed E-state index contributed by atoms with van der Waals surface area (Å²) in [5.41, 5.74) is 0. The lowest BCUT2D eigenvalue weighted by Gasteiger charge is -2.39. The second kappa shape index (κ2) is 40.7. The zero-order valence-electron chi connectivity index (χ0n) is 37.9. The maximum absolute atomic E-state index is 12.8. The van der Waals surface area contributed by atoms with Crippen LogP contribution in [-0.2, 0) is 28.5 Å². The van der Waals surface area contributed by atoms with Crippen molar-refractivity contribution in [1.29, 1.82) is 0 Å². The molecule has 2 unspecified atom stereocenters. The van der Waals surface area contributed by atoms with Gasteiger partial charge in [0.1, 0.15) is 31.0 Å². The van der Waals surface area contributed by atoms with Crippen LogP contribution in [0.2, 0.25) is 0 Å². The van der Waals surface area contributed by atoms with Crippen LogP contribution < -0.4 is 0 Å². The van der Waals surface area contributed by atoms with Crippen LogP contribution >= 0.6 is 0 Å². The standard InChI is InChI=1S/C50H88O10/c1-3-5-7-9-11-13-15-17-19-20-21-22-23-24-25-27-29-31-33-35-37-39-46(53)59-43(42-58-50-49(56)48(55)47(54)44(40-51)60-50)41-57-45(52)38-36-34-32-30-28-26-18-16-14-12-10-8-6-4-2/h19-20,22-23,25,27,31,33,43-44,47-51,54-56H,3-18,21,24,26,28-30,32,34-42H2,1-2H3/b20-19+,23-22+,27-25+,33-31+/t43-,44-,47+,48?,49?,50-/m1/s1. The number of ether oxygens (including phenoxy) is 4. The monoisotopic (exact) mass is 849 g/mol. The Morgan fingerprint density at radius 3 is 1.45 bits per heavy atom. The van der Waals surface area contributed by atoms with Crippen LogP contribution in [0.1, 0.15) is 200 Å². The van der Waals surface area contributed by atoms with Crippen molar-refractivity contribution in [2.45, 2.75) is 237 Å². The van der Waals surface area contributed by atoms with Gasteiger partial charge in [-0.2, -0.15) is 0 Å². The summed E-state index contributed by atoms with van der Waals surface area (Å²) in [6, 6.07) is 0. The lowest BCUT2D eigenvalue weighted by atomic mass is 9.99. The molecule has 0 aromatic rings. The fourth-order valence-corrected chi connectivity index (χ4v) is 7.12. The molecule has 0 amide bonds. The van der Waals surface area contributed by atoms with Gasteiger partial charge >= 0.3 is 11.9 Å². The Hall–Kier alpha value is -2.34. The zero-order valence-corrected chi connectivity index (χ0v) is 37.9. The molecule has 0 aliphatic carbocycles. The minimum atomic E-state index is -1.60. The maximum atomic E-state index is 12.8. The minimum absolute atomic E-state index is 0.155. The third-order valence-corrected chi connectivity index (χ3v) is 11.0. The Bertz CT molecular complexity index is 1120. The molecule has 0 aromatic carbocycles. The molecule has 1 rings (SSSR count). The lowest BCUT2D eigenvalue weighted by Crippen LogP contribution is -2.59. The first-order valence-corrected chi connectivity index (χ1v) is 24.2. The predicted molar refractivity (Wildman–Crippen MR) is 242 cm³/mol. The molecule has 1 saturated heterocycles. The highest BCUT2D eigenvalue weighted by Crippen LogP contribution is 2.23. The van der Waals surface area contributed by atoms with Crippen molar-refractivity contribution in [1.82, 2.24) is 0 Å². The molecule has 60 heavy (non-hydrogen) atoms. The van der Waals surface area contributed by atoms with E-state index in [2.05, 4.69) is 56.4 Å². The molecule has 6 atom stereocenters. The second-order valence-corrected chi connectivity index (χ2v) is 16.6. The number of hydrogen-bond donors (Lipinski definition) is 4. The van der Waals surface area contributed by atoms with Crippen molar-refractivity contribution in [3.63, 3.8) is 0 Å². The van der Waals surface area contributed by atoms with Gasteiger partial charge < -0.3 is 39.4 Å². The van der Waals surface area contributed by atoms with E-state index in [1.165, 1.54) is 122 Å². The van der Waals surface area contributed by atoms with Crippen molar-refractivity contribution >= 4 is 11.9 Å². The molecule has 1 fully saturated rings. The summed E-state index contributed by atoms with van der Waals surface area (Å²) in [4.78, 5) is 25.3. The number of unbranched alkanes of at least 4 members (excludes halogenated alkanes) is 21. The van der Waals surface area contributed by atoms with Crippen molar-refractivity contribution < 1.29 is 49.0 Å². The first kappa shape index (κ1) is 55.7. The van der Waals surface area contributed by atoms with Gasteiger partial charge in [0.2, 0.25) is 0 Å². The van der Waals surface area contributed by atoms with Gasteiger partial charge in [-0.3, -0.25) is 9.59 Å². The topological polar surface area (TPSA) is 152 Å². The predicted octanol–water partition coefficient (Wildman–Crippen LogP) is 10.8. The van der Waals surface area contributed by atoms with Gasteiger partial charge in [0.05, 0.1) is 13.2 Å². The van der Waals surface area contributed by atoms with Crippen LogP contribution in [0.15, 0.2) is 48.6 Å². The Kier molecular flexibility index (Phi) is 37.8.